The number of nitrogens with zero attached hydrogens (tertiary/aromatic N) is 2. The number of rotatable bonds is 4. The zero-order chi connectivity index (χ0) is 15.4. The molecule has 1 heterocycles. The highest BCUT2D eigenvalue weighted by atomic mass is 35.5. The number of nitrogen functional groups attached to an aromatic ring is 1. The van der Waals surface area contributed by atoms with E-state index in [2.05, 4.69) is 15.3 Å². The maximum atomic E-state index is 11.7. The zero-order valence-electron chi connectivity index (χ0n) is 11.7. The first kappa shape index (κ1) is 15.1. The van der Waals surface area contributed by atoms with E-state index in [-0.39, 0.29) is 17.3 Å². The number of halogens is 1. The van der Waals surface area contributed by atoms with Crippen molar-refractivity contribution in [2.24, 2.45) is 0 Å². The predicted octanol–water partition coefficient (Wildman–Crippen LogP) is 2.14. The Kier molecular flexibility index (Phi) is 4.59. The largest absolute Gasteiger partial charge is 0.495 e. The normalized spacial score (nSPS) is 10.2. The van der Waals surface area contributed by atoms with E-state index >= 15 is 0 Å². The molecule has 0 bridgehead atoms. The minimum atomic E-state index is -0.297. The number of benzene rings is 1. The molecule has 21 heavy (non-hydrogen) atoms. The van der Waals surface area contributed by atoms with Crippen LogP contribution in [-0.2, 0) is 0 Å². The quantitative estimate of drug-likeness (QED) is 0.903. The molecule has 0 aliphatic carbocycles. The monoisotopic (exact) mass is 306 g/mol. The summed E-state index contributed by atoms with van der Waals surface area (Å²) in [7, 11) is 1.54. The first-order valence-electron chi connectivity index (χ1n) is 6.31. The van der Waals surface area contributed by atoms with Gasteiger partial charge in [0.05, 0.1) is 17.7 Å². The van der Waals surface area contributed by atoms with Crippen molar-refractivity contribution in [3.8, 4) is 17.1 Å². The van der Waals surface area contributed by atoms with Crippen molar-refractivity contribution >= 4 is 23.3 Å². The summed E-state index contributed by atoms with van der Waals surface area (Å²) in [4.78, 5) is 20.1. The summed E-state index contributed by atoms with van der Waals surface area (Å²) >= 11 is 6.07. The Labute approximate surface area is 127 Å². The minimum absolute atomic E-state index is 0.123. The van der Waals surface area contributed by atoms with Crippen molar-refractivity contribution in [2.75, 3.05) is 19.4 Å². The lowest BCUT2D eigenvalue weighted by molar-refractivity contribution is 0.0956. The third kappa shape index (κ3) is 3.22. The third-order valence-corrected chi connectivity index (χ3v) is 3.11. The second-order valence-corrected chi connectivity index (χ2v) is 4.61. The topological polar surface area (TPSA) is 90.1 Å². The minimum Gasteiger partial charge on any atom is -0.495 e. The van der Waals surface area contributed by atoms with Gasteiger partial charge in [0.15, 0.2) is 5.82 Å². The fourth-order valence-electron chi connectivity index (χ4n) is 1.77. The molecule has 1 aromatic carbocycles. The van der Waals surface area contributed by atoms with Crippen LogP contribution < -0.4 is 15.8 Å². The SMILES string of the molecule is CCNC(=O)c1cnc(-c2ccc(OC)c(Cl)c2)nc1N. The lowest BCUT2D eigenvalue weighted by atomic mass is 10.2. The maximum absolute atomic E-state index is 11.7. The van der Waals surface area contributed by atoms with E-state index in [1.54, 1.807) is 18.2 Å². The second kappa shape index (κ2) is 6.41. The predicted molar refractivity (Wildman–Crippen MR) is 81.4 cm³/mol. The first-order chi connectivity index (χ1) is 10.1. The first-order valence-corrected chi connectivity index (χ1v) is 6.69. The molecule has 6 nitrogen and oxygen atoms in total. The molecular formula is C14H15ClN4O2. The summed E-state index contributed by atoms with van der Waals surface area (Å²) in [5, 5.41) is 3.10. The number of anilines is 1. The van der Waals surface area contributed by atoms with Gasteiger partial charge in [0.1, 0.15) is 11.6 Å². The number of hydrogen-bond donors (Lipinski definition) is 2. The van der Waals surface area contributed by atoms with Crippen LogP contribution in [0.2, 0.25) is 5.02 Å². The van der Waals surface area contributed by atoms with Gasteiger partial charge in [-0.25, -0.2) is 9.97 Å². The van der Waals surface area contributed by atoms with E-state index in [1.807, 2.05) is 6.92 Å². The summed E-state index contributed by atoms with van der Waals surface area (Å²) in [5.74, 6) is 0.782. The Balaban J connectivity index is 2.36. The molecule has 3 N–H and O–H groups in total. The van der Waals surface area contributed by atoms with Gasteiger partial charge in [-0.3, -0.25) is 4.79 Å². The van der Waals surface area contributed by atoms with E-state index in [9.17, 15) is 4.79 Å². The number of amides is 1. The highest BCUT2D eigenvalue weighted by Gasteiger charge is 2.13. The Bertz CT molecular complexity index is 676. The van der Waals surface area contributed by atoms with Crippen LogP contribution in [0.25, 0.3) is 11.4 Å². The molecule has 0 radical (unpaired) electrons. The number of carbonyl (C=O) groups is 1. The van der Waals surface area contributed by atoms with Gasteiger partial charge < -0.3 is 15.8 Å². The van der Waals surface area contributed by atoms with E-state index in [0.717, 1.165) is 0 Å². The van der Waals surface area contributed by atoms with Crippen molar-refractivity contribution in [3.63, 3.8) is 0 Å². The van der Waals surface area contributed by atoms with Crippen LogP contribution in [0, 0.1) is 0 Å². The average molecular weight is 307 g/mol. The summed E-state index contributed by atoms with van der Waals surface area (Å²) in [6.07, 6.45) is 1.40. The number of aromatic nitrogens is 2. The number of methoxy groups -OCH3 is 1. The second-order valence-electron chi connectivity index (χ2n) is 4.20. The van der Waals surface area contributed by atoms with Crippen LogP contribution in [0.3, 0.4) is 0 Å². The molecule has 7 heteroatoms. The van der Waals surface area contributed by atoms with E-state index in [1.165, 1.54) is 13.3 Å². The van der Waals surface area contributed by atoms with Crippen LogP contribution >= 0.6 is 11.6 Å². The Hall–Kier alpha value is -2.34. The molecule has 0 fully saturated rings. The number of hydrogen-bond acceptors (Lipinski definition) is 5. The standard InChI is InChI=1S/C14H15ClN4O2/c1-3-17-14(20)9-7-18-13(19-12(9)16)8-4-5-11(21-2)10(15)6-8/h4-7H,3H2,1-2H3,(H,17,20)(H2,16,18,19). The van der Waals surface area contributed by atoms with Gasteiger partial charge in [-0.1, -0.05) is 11.6 Å². The Morgan fingerprint density at radius 2 is 2.24 bits per heavy atom. The zero-order valence-corrected chi connectivity index (χ0v) is 12.4. The maximum Gasteiger partial charge on any atom is 0.256 e. The van der Waals surface area contributed by atoms with Crippen LogP contribution in [-0.4, -0.2) is 29.5 Å². The molecule has 0 unspecified atom stereocenters. The van der Waals surface area contributed by atoms with Gasteiger partial charge in [-0.05, 0) is 25.1 Å². The van der Waals surface area contributed by atoms with E-state index < -0.39 is 0 Å². The van der Waals surface area contributed by atoms with Crippen LogP contribution in [0.4, 0.5) is 5.82 Å². The molecule has 110 valence electrons. The summed E-state index contributed by atoms with van der Waals surface area (Å²) in [6, 6.07) is 5.17. The van der Waals surface area contributed by atoms with Crippen molar-refractivity contribution in [1.82, 2.24) is 15.3 Å². The Morgan fingerprint density at radius 1 is 1.48 bits per heavy atom. The van der Waals surface area contributed by atoms with Crippen molar-refractivity contribution in [3.05, 3.63) is 35.0 Å². The van der Waals surface area contributed by atoms with Crippen molar-refractivity contribution < 1.29 is 9.53 Å². The van der Waals surface area contributed by atoms with Crippen LogP contribution in [0.1, 0.15) is 17.3 Å². The number of nitrogens with two attached hydrogens (primary N) is 1. The van der Waals surface area contributed by atoms with Gasteiger partial charge in [-0.2, -0.15) is 0 Å². The molecule has 0 spiro atoms. The smallest absolute Gasteiger partial charge is 0.256 e. The fraction of sp³-hybridized carbons (Fsp3) is 0.214. The lowest BCUT2D eigenvalue weighted by Gasteiger charge is -2.08. The van der Waals surface area contributed by atoms with Crippen LogP contribution in [0.15, 0.2) is 24.4 Å². The molecule has 0 aliphatic heterocycles. The summed E-state index contributed by atoms with van der Waals surface area (Å²) in [5.41, 5.74) is 6.75. The molecule has 1 amide bonds. The summed E-state index contributed by atoms with van der Waals surface area (Å²) < 4.78 is 5.09. The number of carbonyl (C=O) groups excluding carboxylic acids is 1. The van der Waals surface area contributed by atoms with Gasteiger partial charge in [0.25, 0.3) is 5.91 Å². The molecule has 0 saturated heterocycles. The number of ether oxygens (including phenoxy) is 1. The van der Waals surface area contributed by atoms with Gasteiger partial charge in [0, 0.05) is 18.3 Å². The molecule has 1 aromatic heterocycles. The van der Waals surface area contributed by atoms with Gasteiger partial charge in [0.2, 0.25) is 0 Å². The molecule has 0 aliphatic rings. The molecule has 0 saturated carbocycles. The highest BCUT2D eigenvalue weighted by molar-refractivity contribution is 6.32. The number of nitrogens with one attached hydrogen (secondary N) is 1. The highest BCUT2D eigenvalue weighted by Crippen LogP contribution is 2.29. The molecule has 0 atom stereocenters. The fourth-order valence-corrected chi connectivity index (χ4v) is 2.03. The molecule has 2 aromatic rings. The van der Waals surface area contributed by atoms with E-state index in [0.29, 0.717) is 28.7 Å². The average Bonchev–Trinajstić information content (AvgIpc) is 2.47. The lowest BCUT2D eigenvalue weighted by Crippen LogP contribution is -2.24. The van der Waals surface area contributed by atoms with Crippen LogP contribution in [0.5, 0.6) is 5.75 Å². The Morgan fingerprint density at radius 3 is 2.81 bits per heavy atom. The molecule has 2 rings (SSSR count). The van der Waals surface area contributed by atoms with Crippen molar-refractivity contribution in [1.29, 1.82) is 0 Å². The third-order valence-electron chi connectivity index (χ3n) is 2.81. The van der Waals surface area contributed by atoms with Gasteiger partial charge >= 0.3 is 0 Å². The molecular weight excluding hydrogens is 292 g/mol. The summed E-state index contributed by atoms with van der Waals surface area (Å²) in [6.45, 7) is 2.33. The van der Waals surface area contributed by atoms with Gasteiger partial charge in [-0.15, -0.1) is 0 Å². The van der Waals surface area contributed by atoms with E-state index in [4.69, 9.17) is 22.1 Å². The van der Waals surface area contributed by atoms with Crippen molar-refractivity contribution in [2.45, 2.75) is 6.92 Å².